The maximum atomic E-state index is 11.1. The Balaban J connectivity index is 1.94. The third kappa shape index (κ3) is 2.46. The highest BCUT2D eigenvalue weighted by Crippen LogP contribution is 2.29. The second kappa shape index (κ2) is 4.72. The summed E-state index contributed by atoms with van der Waals surface area (Å²) in [4.78, 5) is 15.7. The molecule has 2 fully saturated rings. The van der Waals surface area contributed by atoms with E-state index < -0.39 is 5.97 Å². The molecule has 2 aliphatic rings. The minimum Gasteiger partial charge on any atom is -0.481 e. The lowest BCUT2D eigenvalue weighted by Gasteiger charge is -2.37. The number of carboxylic acid groups (broad SMARTS) is 1. The average molecular weight is 230 g/mol. The molecule has 0 aromatic heterocycles. The van der Waals surface area contributed by atoms with E-state index in [9.17, 15) is 4.79 Å². The standard InChI is InChI=1S/C10H18N2O2S/c1-11-2-4-12(5-3-11)9-7-15-6-8(9)10(13)14/h8-9H,2-7H2,1H3,(H,13,14). The highest BCUT2D eigenvalue weighted by molar-refractivity contribution is 7.99. The van der Waals surface area contributed by atoms with Gasteiger partial charge in [-0.15, -0.1) is 0 Å². The van der Waals surface area contributed by atoms with E-state index >= 15 is 0 Å². The molecule has 2 rings (SSSR count). The van der Waals surface area contributed by atoms with Crippen molar-refractivity contribution in [2.45, 2.75) is 6.04 Å². The zero-order chi connectivity index (χ0) is 10.8. The fourth-order valence-electron chi connectivity index (χ4n) is 2.29. The monoisotopic (exact) mass is 230 g/mol. The molecule has 0 radical (unpaired) electrons. The molecule has 5 heteroatoms. The Kier molecular flexibility index (Phi) is 3.53. The molecule has 15 heavy (non-hydrogen) atoms. The van der Waals surface area contributed by atoms with E-state index in [2.05, 4.69) is 16.8 Å². The van der Waals surface area contributed by atoms with E-state index in [1.807, 2.05) is 0 Å². The van der Waals surface area contributed by atoms with Gasteiger partial charge < -0.3 is 10.0 Å². The van der Waals surface area contributed by atoms with Gasteiger partial charge in [0.2, 0.25) is 0 Å². The van der Waals surface area contributed by atoms with E-state index in [0.29, 0.717) is 0 Å². The number of likely N-dealkylation sites (N-methyl/N-ethyl adjacent to an activating group) is 1. The van der Waals surface area contributed by atoms with E-state index in [4.69, 9.17) is 5.11 Å². The number of carboxylic acids is 1. The SMILES string of the molecule is CN1CCN(C2CSCC2C(=O)O)CC1. The maximum absolute atomic E-state index is 11.1. The van der Waals surface area contributed by atoms with Gasteiger partial charge in [-0.25, -0.2) is 0 Å². The van der Waals surface area contributed by atoms with Crippen molar-refractivity contribution in [3.8, 4) is 0 Å². The Morgan fingerprint density at radius 2 is 1.93 bits per heavy atom. The Morgan fingerprint density at radius 3 is 2.53 bits per heavy atom. The van der Waals surface area contributed by atoms with Crippen LogP contribution in [0, 0.1) is 5.92 Å². The molecule has 2 atom stereocenters. The molecule has 0 amide bonds. The summed E-state index contributed by atoms with van der Waals surface area (Å²) in [6, 6.07) is 0.265. The number of aliphatic carboxylic acids is 1. The first kappa shape index (κ1) is 11.2. The topological polar surface area (TPSA) is 43.8 Å². The van der Waals surface area contributed by atoms with Crippen LogP contribution in [-0.4, -0.2) is 71.6 Å². The van der Waals surface area contributed by atoms with E-state index in [1.54, 1.807) is 11.8 Å². The van der Waals surface area contributed by atoms with Gasteiger partial charge in [-0.05, 0) is 7.05 Å². The van der Waals surface area contributed by atoms with Crippen LogP contribution < -0.4 is 0 Å². The highest BCUT2D eigenvalue weighted by Gasteiger charge is 2.37. The van der Waals surface area contributed by atoms with Crippen LogP contribution >= 0.6 is 11.8 Å². The first-order valence-electron chi connectivity index (χ1n) is 5.41. The lowest BCUT2D eigenvalue weighted by atomic mass is 10.0. The van der Waals surface area contributed by atoms with Crippen molar-refractivity contribution in [3.05, 3.63) is 0 Å². The van der Waals surface area contributed by atoms with Gasteiger partial charge >= 0.3 is 5.97 Å². The normalized spacial score (nSPS) is 34.5. The van der Waals surface area contributed by atoms with Gasteiger partial charge in [-0.1, -0.05) is 0 Å². The molecular formula is C10H18N2O2S. The maximum Gasteiger partial charge on any atom is 0.308 e. The lowest BCUT2D eigenvalue weighted by Crippen LogP contribution is -2.52. The van der Waals surface area contributed by atoms with Crippen molar-refractivity contribution >= 4 is 17.7 Å². The van der Waals surface area contributed by atoms with Gasteiger partial charge in [-0.2, -0.15) is 11.8 Å². The van der Waals surface area contributed by atoms with Crippen LogP contribution in [0.15, 0.2) is 0 Å². The van der Waals surface area contributed by atoms with Crippen LogP contribution in [0.5, 0.6) is 0 Å². The number of hydrogen-bond donors (Lipinski definition) is 1. The van der Waals surface area contributed by atoms with Gasteiger partial charge in [0, 0.05) is 43.7 Å². The van der Waals surface area contributed by atoms with Gasteiger partial charge in [0.05, 0.1) is 5.92 Å². The Bertz CT molecular complexity index is 242. The summed E-state index contributed by atoms with van der Waals surface area (Å²) in [6.07, 6.45) is 0. The molecule has 0 aliphatic carbocycles. The average Bonchev–Trinajstić information content (AvgIpc) is 2.67. The zero-order valence-electron chi connectivity index (χ0n) is 9.06. The Labute approximate surface area is 94.6 Å². The van der Waals surface area contributed by atoms with Crippen molar-refractivity contribution in [1.82, 2.24) is 9.80 Å². The second-order valence-electron chi connectivity index (χ2n) is 4.39. The molecule has 2 unspecified atom stereocenters. The molecule has 0 bridgehead atoms. The summed E-state index contributed by atoms with van der Waals surface area (Å²) in [5, 5.41) is 9.12. The first-order chi connectivity index (χ1) is 7.18. The third-order valence-corrected chi connectivity index (χ3v) is 4.55. The van der Waals surface area contributed by atoms with Crippen LogP contribution in [0.2, 0.25) is 0 Å². The summed E-state index contributed by atoms with van der Waals surface area (Å²) in [5.74, 6) is 0.995. The number of nitrogens with zero attached hydrogens (tertiary/aromatic N) is 2. The largest absolute Gasteiger partial charge is 0.481 e. The van der Waals surface area contributed by atoms with Crippen molar-refractivity contribution in [2.75, 3.05) is 44.7 Å². The number of rotatable bonds is 2. The molecule has 0 aromatic rings. The van der Waals surface area contributed by atoms with E-state index in [0.717, 1.165) is 37.7 Å². The summed E-state index contributed by atoms with van der Waals surface area (Å²) in [6.45, 7) is 4.16. The molecule has 2 heterocycles. The second-order valence-corrected chi connectivity index (χ2v) is 5.46. The number of hydrogen-bond acceptors (Lipinski definition) is 4. The zero-order valence-corrected chi connectivity index (χ0v) is 9.87. The summed E-state index contributed by atoms with van der Waals surface area (Å²) >= 11 is 1.78. The minimum absolute atomic E-state index is 0.154. The smallest absolute Gasteiger partial charge is 0.308 e. The number of piperazine rings is 1. The Morgan fingerprint density at radius 1 is 1.27 bits per heavy atom. The van der Waals surface area contributed by atoms with Gasteiger partial charge in [0.15, 0.2) is 0 Å². The molecule has 0 aromatic carbocycles. The predicted octanol–water partition coefficient (Wildman–Crippen LogP) is 0.0500. The van der Waals surface area contributed by atoms with Crippen molar-refractivity contribution in [3.63, 3.8) is 0 Å². The molecular weight excluding hydrogens is 212 g/mol. The van der Waals surface area contributed by atoms with Crippen LogP contribution in [-0.2, 0) is 4.79 Å². The minimum atomic E-state index is -0.621. The van der Waals surface area contributed by atoms with Crippen LogP contribution in [0.4, 0.5) is 0 Å². The molecule has 86 valence electrons. The van der Waals surface area contributed by atoms with Crippen LogP contribution in [0.1, 0.15) is 0 Å². The predicted molar refractivity (Wildman–Crippen MR) is 61.3 cm³/mol. The van der Waals surface area contributed by atoms with Gasteiger partial charge in [-0.3, -0.25) is 9.69 Å². The molecule has 0 spiro atoms. The van der Waals surface area contributed by atoms with Crippen molar-refractivity contribution in [1.29, 1.82) is 0 Å². The van der Waals surface area contributed by atoms with Crippen LogP contribution in [0.3, 0.4) is 0 Å². The molecule has 2 aliphatic heterocycles. The fourth-order valence-corrected chi connectivity index (χ4v) is 3.73. The van der Waals surface area contributed by atoms with Crippen LogP contribution in [0.25, 0.3) is 0 Å². The fraction of sp³-hybridized carbons (Fsp3) is 0.900. The molecule has 0 saturated carbocycles. The summed E-state index contributed by atoms with van der Waals surface area (Å²) < 4.78 is 0. The molecule has 4 nitrogen and oxygen atoms in total. The quantitative estimate of drug-likeness (QED) is 0.726. The first-order valence-corrected chi connectivity index (χ1v) is 6.57. The summed E-state index contributed by atoms with van der Waals surface area (Å²) in [5.41, 5.74) is 0. The van der Waals surface area contributed by atoms with E-state index in [1.165, 1.54) is 0 Å². The van der Waals surface area contributed by atoms with Gasteiger partial charge in [0.25, 0.3) is 0 Å². The van der Waals surface area contributed by atoms with Gasteiger partial charge in [0.1, 0.15) is 0 Å². The van der Waals surface area contributed by atoms with Crippen molar-refractivity contribution in [2.24, 2.45) is 5.92 Å². The number of thioether (sulfide) groups is 1. The van der Waals surface area contributed by atoms with Crippen molar-refractivity contribution < 1.29 is 9.90 Å². The summed E-state index contributed by atoms with van der Waals surface area (Å²) in [7, 11) is 2.12. The van der Waals surface area contributed by atoms with E-state index in [-0.39, 0.29) is 12.0 Å². The highest BCUT2D eigenvalue weighted by atomic mass is 32.2. The molecule has 2 saturated heterocycles. The lowest BCUT2D eigenvalue weighted by molar-refractivity contribution is -0.142. The number of carbonyl (C=O) groups is 1. The third-order valence-electron chi connectivity index (χ3n) is 3.37. The molecule has 1 N–H and O–H groups in total. The Hall–Kier alpha value is -0.260.